The van der Waals surface area contributed by atoms with E-state index >= 15 is 0 Å². The van der Waals surface area contributed by atoms with Crippen LogP contribution in [0.5, 0.6) is 0 Å². The van der Waals surface area contributed by atoms with Gasteiger partial charge in [0, 0.05) is 4.88 Å². The minimum absolute atomic E-state index is 0.160. The summed E-state index contributed by atoms with van der Waals surface area (Å²) in [6.45, 7) is 1.59. The third-order valence-electron chi connectivity index (χ3n) is 2.22. The van der Waals surface area contributed by atoms with Crippen LogP contribution in [-0.4, -0.2) is 23.5 Å². The van der Waals surface area contributed by atoms with Crippen molar-refractivity contribution in [2.45, 2.75) is 17.7 Å². The van der Waals surface area contributed by atoms with Crippen LogP contribution in [-0.2, 0) is 16.6 Å². The Kier molecular flexibility index (Phi) is 3.60. The summed E-state index contributed by atoms with van der Waals surface area (Å²) in [7, 11) is -3.65. The Morgan fingerprint density at radius 2 is 2.06 bits per heavy atom. The molecule has 0 fully saturated rings. The minimum Gasteiger partial charge on any atom is -0.391 e. The first-order chi connectivity index (χ1) is 8.53. The van der Waals surface area contributed by atoms with E-state index in [0.29, 0.717) is 10.6 Å². The zero-order chi connectivity index (χ0) is 13.2. The fraction of sp³-hybridized carbons (Fsp3) is 0.200. The van der Waals surface area contributed by atoms with Crippen molar-refractivity contribution < 1.29 is 13.5 Å². The topological polar surface area (TPSA) is 92.2 Å². The summed E-state index contributed by atoms with van der Waals surface area (Å²) in [6, 6.07) is 1.53. The van der Waals surface area contributed by atoms with Crippen LogP contribution in [0.25, 0.3) is 0 Å². The molecule has 0 unspecified atom stereocenters. The van der Waals surface area contributed by atoms with Gasteiger partial charge in [0.2, 0.25) is 0 Å². The van der Waals surface area contributed by atoms with Crippen molar-refractivity contribution in [3.8, 4) is 0 Å². The number of sulfonamides is 1. The summed E-state index contributed by atoms with van der Waals surface area (Å²) in [5.74, 6) is 0. The lowest BCUT2D eigenvalue weighted by Gasteiger charge is -2.04. The lowest BCUT2D eigenvalue weighted by atomic mass is 10.3. The lowest BCUT2D eigenvalue weighted by molar-refractivity contribution is 0.285. The van der Waals surface area contributed by atoms with E-state index in [2.05, 4.69) is 14.7 Å². The highest BCUT2D eigenvalue weighted by Crippen LogP contribution is 2.27. The Hall–Kier alpha value is -1.51. The number of hydrogen-bond donors (Lipinski definition) is 2. The first kappa shape index (κ1) is 12.9. The van der Waals surface area contributed by atoms with Crippen LogP contribution in [0.15, 0.2) is 29.0 Å². The summed E-state index contributed by atoms with van der Waals surface area (Å²) in [5.41, 5.74) is 1.06. The van der Waals surface area contributed by atoms with E-state index in [1.165, 1.54) is 24.8 Å². The molecular formula is C10H11N3O3S2. The van der Waals surface area contributed by atoms with Crippen molar-refractivity contribution in [3.05, 3.63) is 35.2 Å². The molecular weight excluding hydrogens is 274 g/mol. The Morgan fingerprint density at radius 3 is 2.61 bits per heavy atom. The SMILES string of the molecule is Cc1cc(S(=O)(=O)Nc2cncnc2)sc1CO. The second-order valence-electron chi connectivity index (χ2n) is 3.56. The maximum absolute atomic E-state index is 12.0. The van der Waals surface area contributed by atoms with Crippen molar-refractivity contribution in [3.63, 3.8) is 0 Å². The van der Waals surface area contributed by atoms with Crippen molar-refractivity contribution in [1.29, 1.82) is 0 Å². The zero-order valence-electron chi connectivity index (χ0n) is 9.49. The van der Waals surface area contributed by atoms with Gasteiger partial charge in [-0.3, -0.25) is 4.72 Å². The number of thiophene rings is 1. The van der Waals surface area contributed by atoms with Gasteiger partial charge in [0.1, 0.15) is 10.5 Å². The van der Waals surface area contributed by atoms with Crippen molar-refractivity contribution >= 4 is 27.0 Å². The maximum atomic E-state index is 12.0. The molecule has 2 aromatic heterocycles. The molecule has 0 saturated carbocycles. The molecule has 8 heteroatoms. The number of nitrogens with zero attached hydrogens (tertiary/aromatic N) is 2. The standard InChI is InChI=1S/C10H11N3O3S2/c1-7-2-10(17-9(7)5-14)18(15,16)13-8-3-11-6-12-4-8/h2-4,6,13-14H,5H2,1H3. The monoisotopic (exact) mass is 285 g/mol. The first-order valence-electron chi connectivity index (χ1n) is 5.01. The molecule has 96 valence electrons. The molecule has 0 aliphatic carbocycles. The van der Waals surface area contributed by atoms with Crippen molar-refractivity contribution in [2.75, 3.05) is 4.72 Å². The highest BCUT2D eigenvalue weighted by atomic mass is 32.2. The maximum Gasteiger partial charge on any atom is 0.271 e. The zero-order valence-corrected chi connectivity index (χ0v) is 11.1. The Balaban J connectivity index is 2.31. The number of nitrogens with one attached hydrogen (secondary N) is 1. The quantitative estimate of drug-likeness (QED) is 0.878. The predicted molar refractivity (Wildman–Crippen MR) is 67.8 cm³/mol. The second-order valence-corrected chi connectivity index (χ2v) is 6.61. The average molecular weight is 285 g/mol. The lowest BCUT2D eigenvalue weighted by Crippen LogP contribution is -2.11. The largest absolute Gasteiger partial charge is 0.391 e. The molecule has 18 heavy (non-hydrogen) atoms. The van der Waals surface area contributed by atoms with E-state index in [1.807, 2.05) is 0 Å². The third kappa shape index (κ3) is 2.66. The van der Waals surface area contributed by atoms with Gasteiger partial charge in [0.15, 0.2) is 0 Å². The van der Waals surface area contributed by atoms with Gasteiger partial charge in [-0.05, 0) is 18.6 Å². The van der Waals surface area contributed by atoms with Gasteiger partial charge < -0.3 is 5.11 Å². The molecule has 2 N–H and O–H groups in total. The van der Waals surface area contributed by atoms with Crippen LogP contribution >= 0.6 is 11.3 Å². The van der Waals surface area contributed by atoms with E-state index in [9.17, 15) is 8.42 Å². The third-order valence-corrected chi connectivity index (χ3v) is 5.30. The van der Waals surface area contributed by atoms with E-state index in [1.54, 1.807) is 6.92 Å². The predicted octanol–water partition coefficient (Wildman–Crippen LogP) is 1.14. The molecule has 0 radical (unpaired) electrons. The summed E-state index contributed by atoms with van der Waals surface area (Å²) < 4.78 is 26.6. The summed E-state index contributed by atoms with van der Waals surface area (Å²) in [4.78, 5) is 8.09. The molecule has 2 heterocycles. The average Bonchev–Trinajstić information content (AvgIpc) is 2.72. The van der Waals surface area contributed by atoms with Crippen LogP contribution in [0.1, 0.15) is 10.4 Å². The molecule has 0 aliphatic rings. The normalized spacial score (nSPS) is 11.4. The highest BCUT2D eigenvalue weighted by molar-refractivity contribution is 7.94. The van der Waals surface area contributed by atoms with Gasteiger partial charge in [-0.1, -0.05) is 0 Å². The van der Waals surface area contributed by atoms with Gasteiger partial charge >= 0.3 is 0 Å². The first-order valence-corrected chi connectivity index (χ1v) is 7.31. The van der Waals surface area contributed by atoms with E-state index < -0.39 is 10.0 Å². The Morgan fingerprint density at radius 1 is 1.39 bits per heavy atom. The summed E-state index contributed by atoms with van der Waals surface area (Å²) in [6.07, 6.45) is 4.06. The Labute approximate surface area is 108 Å². The minimum atomic E-state index is -3.65. The van der Waals surface area contributed by atoms with Gasteiger partial charge in [-0.25, -0.2) is 18.4 Å². The van der Waals surface area contributed by atoms with Crippen LogP contribution in [0.4, 0.5) is 5.69 Å². The molecule has 0 amide bonds. The van der Waals surface area contributed by atoms with Gasteiger partial charge in [0.05, 0.1) is 24.7 Å². The molecule has 6 nitrogen and oxygen atoms in total. The highest BCUT2D eigenvalue weighted by Gasteiger charge is 2.18. The van der Waals surface area contributed by atoms with E-state index in [4.69, 9.17) is 5.11 Å². The number of anilines is 1. The molecule has 0 aliphatic heterocycles. The van der Waals surface area contributed by atoms with Gasteiger partial charge in [-0.2, -0.15) is 0 Å². The van der Waals surface area contributed by atoms with Crippen molar-refractivity contribution in [1.82, 2.24) is 9.97 Å². The van der Waals surface area contributed by atoms with Gasteiger partial charge in [-0.15, -0.1) is 11.3 Å². The number of aliphatic hydroxyl groups excluding tert-OH is 1. The molecule has 2 rings (SSSR count). The van der Waals surface area contributed by atoms with Crippen LogP contribution in [0.2, 0.25) is 0 Å². The van der Waals surface area contributed by atoms with E-state index in [-0.39, 0.29) is 10.8 Å². The van der Waals surface area contributed by atoms with Crippen molar-refractivity contribution in [2.24, 2.45) is 0 Å². The number of aryl methyl sites for hydroxylation is 1. The van der Waals surface area contributed by atoms with Gasteiger partial charge in [0.25, 0.3) is 10.0 Å². The number of aliphatic hydroxyl groups is 1. The summed E-state index contributed by atoms with van der Waals surface area (Å²) >= 11 is 1.04. The number of hydrogen-bond acceptors (Lipinski definition) is 6. The fourth-order valence-electron chi connectivity index (χ4n) is 1.34. The van der Waals surface area contributed by atoms with Crippen LogP contribution < -0.4 is 4.72 Å². The summed E-state index contributed by atoms with van der Waals surface area (Å²) in [5, 5.41) is 9.06. The molecule has 0 spiro atoms. The Bertz CT molecular complexity index is 638. The molecule has 2 aromatic rings. The second kappa shape index (κ2) is 5.01. The molecule has 0 aromatic carbocycles. The van der Waals surface area contributed by atoms with Crippen LogP contribution in [0, 0.1) is 6.92 Å². The van der Waals surface area contributed by atoms with Crippen LogP contribution in [0.3, 0.4) is 0 Å². The molecule has 0 saturated heterocycles. The molecule has 0 atom stereocenters. The molecule has 0 bridgehead atoms. The van der Waals surface area contributed by atoms with E-state index in [0.717, 1.165) is 16.9 Å². The number of aromatic nitrogens is 2. The smallest absolute Gasteiger partial charge is 0.271 e. The fourth-order valence-corrected chi connectivity index (χ4v) is 3.81. The number of rotatable bonds is 4.